The zero-order chi connectivity index (χ0) is 23.9. The zero-order valence-corrected chi connectivity index (χ0v) is 19.8. The van der Waals surface area contributed by atoms with Crippen LogP contribution in [0.3, 0.4) is 0 Å². The largest absolute Gasteiger partial charge is 0.371 e. The van der Waals surface area contributed by atoms with Crippen LogP contribution >= 0.6 is 0 Å². The number of hydrogen-bond donors (Lipinski definition) is 1. The van der Waals surface area contributed by atoms with Gasteiger partial charge in [0, 0.05) is 55.3 Å². The summed E-state index contributed by atoms with van der Waals surface area (Å²) in [5, 5.41) is 3.24. The van der Waals surface area contributed by atoms with Gasteiger partial charge in [0.15, 0.2) is 0 Å². The Kier molecular flexibility index (Phi) is 8.70. The van der Waals surface area contributed by atoms with E-state index in [2.05, 4.69) is 28.4 Å². The topological polar surface area (TPSA) is 40.0 Å². The summed E-state index contributed by atoms with van der Waals surface area (Å²) >= 11 is 0. The average molecular weight is 441 g/mol. The molecule has 1 aromatic carbocycles. The second-order valence-corrected chi connectivity index (χ2v) is 8.59. The van der Waals surface area contributed by atoms with E-state index >= 15 is 0 Å². The summed E-state index contributed by atoms with van der Waals surface area (Å²) in [6.07, 6.45) is 4.14. The monoisotopic (exact) mass is 440 g/mol. The van der Waals surface area contributed by atoms with E-state index in [-0.39, 0.29) is 6.42 Å². The molecule has 0 bridgehead atoms. The van der Waals surface area contributed by atoms with Crippen LogP contribution in [-0.4, -0.2) is 42.9 Å². The van der Waals surface area contributed by atoms with E-state index in [0.717, 1.165) is 48.3 Å². The van der Waals surface area contributed by atoms with Gasteiger partial charge in [0.05, 0.1) is 6.54 Å². The number of halogens is 2. The van der Waals surface area contributed by atoms with Crippen LogP contribution in [0.1, 0.15) is 38.8 Å². The van der Waals surface area contributed by atoms with Crippen LogP contribution in [0.4, 0.5) is 8.78 Å². The molecular weight excluding hydrogens is 406 g/mol. The molecule has 0 saturated heterocycles. The Hall–Kier alpha value is -3.02. The first-order valence-corrected chi connectivity index (χ1v) is 10.7. The lowest BCUT2D eigenvalue weighted by atomic mass is 10.0. The third kappa shape index (κ3) is 8.25. The van der Waals surface area contributed by atoms with Gasteiger partial charge in [0.25, 0.3) is 0 Å². The number of allylic oxidation sites excluding steroid dienone is 3. The van der Waals surface area contributed by atoms with Crippen LogP contribution in [-0.2, 0) is 12.8 Å². The van der Waals surface area contributed by atoms with Crippen molar-refractivity contribution in [3.8, 4) is 0 Å². The first-order chi connectivity index (χ1) is 14.9. The Morgan fingerprint density at radius 3 is 2.50 bits per heavy atom. The van der Waals surface area contributed by atoms with Gasteiger partial charge in [-0.1, -0.05) is 37.4 Å². The van der Waals surface area contributed by atoms with Crippen LogP contribution in [0.2, 0.25) is 0 Å². The summed E-state index contributed by atoms with van der Waals surface area (Å²) in [6.45, 7) is 16.4. The predicted octanol–water partition coefficient (Wildman–Crippen LogP) is 5.70. The van der Waals surface area contributed by atoms with Gasteiger partial charge in [-0.15, -0.1) is 0 Å². The van der Waals surface area contributed by atoms with E-state index in [4.69, 9.17) is 4.99 Å². The van der Waals surface area contributed by atoms with Crippen molar-refractivity contribution >= 4 is 11.9 Å². The minimum absolute atomic E-state index is 0.272. The molecule has 1 aliphatic heterocycles. The Labute approximate surface area is 190 Å². The number of hydrogen-bond acceptors (Lipinski definition) is 4. The van der Waals surface area contributed by atoms with Crippen LogP contribution < -0.4 is 5.32 Å². The lowest BCUT2D eigenvalue weighted by Gasteiger charge is -2.24. The van der Waals surface area contributed by atoms with Gasteiger partial charge < -0.3 is 10.2 Å². The van der Waals surface area contributed by atoms with Crippen molar-refractivity contribution < 1.29 is 8.78 Å². The summed E-state index contributed by atoms with van der Waals surface area (Å²) in [7, 11) is 1.99. The number of benzene rings is 1. The lowest BCUT2D eigenvalue weighted by molar-refractivity contribution is 0.0226. The van der Waals surface area contributed by atoms with Gasteiger partial charge in [-0.25, -0.2) is 13.8 Å². The van der Waals surface area contributed by atoms with Gasteiger partial charge in [-0.3, -0.25) is 4.99 Å². The lowest BCUT2D eigenvalue weighted by Crippen LogP contribution is -2.23. The van der Waals surface area contributed by atoms with Crippen LogP contribution in [0.15, 0.2) is 81.8 Å². The second-order valence-electron chi connectivity index (χ2n) is 8.59. The van der Waals surface area contributed by atoms with Gasteiger partial charge in [0.2, 0.25) is 5.92 Å². The molecule has 0 saturated carbocycles. The van der Waals surface area contributed by atoms with Crippen LogP contribution in [0.5, 0.6) is 0 Å². The molecule has 0 spiro atoms. The standard InChI is InChI=1S/C26H34F2N4/c1-18(2)30-25(20(4)21(5)32(7)17-24-11-12-29-16-24)31-19(3)13-22-9-8-10-23(14-22)15-26(6,27)28/h8-12,14,30H,1,5,13,15-17H2,2-4,6-7H3/b25-20+,31-19+. The average Bonchev–Trinajstić information content (AvgIpc) is 3.17. The summed E-state index contributed by atoms with van der Waals surface area (Å²) < 4.78 is 26.8. The molecule has 1 aliphatic rings. The molecule has 32 heavy (non-hydrogen) atoms. The molecule has 0 aromatic heterocycles. The third-order valence-corrected chi connectivity index (χ3v) is 5.00. The quantitative estimate of drug-likeness (QED) is 0.354. The van der Waals surface area contributed by atoms with Crippen molar-refractivity contribution in [2.24, 2.45) is 9.98 Å². The van der Waals surface area contributed by atoms with Crippen molar-refractivity contribution in [3.05, 3.63) is 83.0 Å². The maximum atomic E-state index is 13.4. The maximum absolute atomic E-state index is 13.4. The minimum Gasteiger partial charge on any atom is -0.371 e. The fraction of sp³-hybridized carbons (Fsp3) is 0.385. The molecule has 4 nitrogen and oxygen atoms in total. The molecule has 1 N–H and O–H groups in total. The SMILES string of the molecule is C=C(C)NC(/N=C(\C)Cc1cccc(CC(C)(F)F)c1)=C(/C)C(=C)N(C)CC1=CC=NC1. The highest BCUT2D eigenvalue weighted by molar-refractivity contribution is 5.85. The molecule has 172 valence electrons. The molecule has 0 fully saturated rings. The van der Waals surface area contributed by atoms with E-state index < -0.39 is 5.92 Å². The molecule has 0 amide bonds. The fourth-order valence-electron chi connectivity index (χ4n) is 3.45. The number of alkyl halides is 2. The van der Waals surface area contributed by atoms with Crippen molar-refractivity contribution in [2.75, 3.05) is 20.1 Å². The van der Waals surface area contributed by atoms with Crippen LogP contribution in [0.25, 0.3) is 0 Å². The van der Waals surface area contributed by atoms with E-state index in [1.54, 1.807) is 6.07 Å². The summed E-state index contributed by atoms with van der Waals surface area (Å²) in [4.78, 5) is 11.1. The Morgan fingerprint density at radius 1 is 1.22 bits per heavy atom. The number of rotatable bonds is 11. The number of aliphatic imine (C=N–C) groups is 2. The van der Waals surface area contributed by atoms with Gasteiger partial charge >= 0.3 is 0 Å². The van der Waals surface area contributed by atoms with Gasteiger partial charge in [-0.05, 0) is 50.5 Å². The highest BCUT2D eigenvalue weighted by Gasteiger charge is 2.21. The van der Waals surface area contributed by atoms with Gasteiger partial charge in [-0.2, -0.15) is 0 Å². The molecule has 0 aliphatic carbocycles. The maximum Gasteiger partial charge on any atom is 0.249 e. The molecule has 0 radical (unpaired) electrons. The molecule has 1 aromatic rings. The minimum atomic E-state index is -2.73. The molecule has 0 atom stereocenters. The van der Waals surface area contributed by atoms with E-state index in [9.17, 15) is 8.78 Å². The van der Waals surface area contributed by atoms with Crippen molar-refractivity contribution in [1.29, 1.82) is 0 Å². The Bertz CT molecular complexity index is 978. The highest BCUT2D eigenvalue weighted by Crippen LogP contribution is 2.21. The van der Waals surface area contributed by atoms with Crippen molar-refractivity contribution in [2.45, 2.75) is 46.5 Å². The van der Waals surface area contributed by atoms with Crippen LogP contribution in [0, 0.1) is 0 Å². The van der Waals surface area contributed by atoms with E-state index in [1.807, 2.05) is 58.3 Å². The first-order valence-electron chi connectivity index (χ1n) is 10.7. The Balaban J connectivity index is 2.21. The predicted molar refractivity (Wildman–Crippen MR) is 131 cm³/mol. The number of likely N-dealkylation sites (N-methyl/N-ethyl adjacent to an activating group) is 1. The van der Waals surface area contributed by atoms with Gasteiger partial charge in [0.1, 0.15) is 5.82 Å². The molecular formula is C26H34F2N4. The number of nitrogens with one attached hydrogen (secondary N) is 1. The number of nitrogens with zero attached hydrogens (tertiary/aromatic N) is 3. The van der Waals surface area contributed by atoms with Crippen molar-refractivity contribution in [3.63, 3.8) is 0 Å². The summed E-state index contributed by atoms with van der Waals surface area (Å²) in [5.74, 6) is -2.05. The molecule has 1 heterocycles. The second kappa shape index (κ2) is 11.0. The smallest absolute Gasteiger partial charge is 0.249 e. The molecule has 2 rings (SSSR count). The Morgan fingerprint density at radius 2 is 1.91 bits per heavy atom. The molecule has 6 heteroatoms. The molecule has 0 unspecified atom stereocenters. The summed E-state index contributed by atoms with van der Waals surface area (Å²) in [6, 6.07) is 7.30. The highest BCUT2D eigenvalue weighted by atomic mass is 19.3. The van der Waals surface area contributed by atoms with Crippen molar-refractivity contribution in [1.82, 2.24) is 10.2 Å². The first kappa shape index (κ1) is 25.2. The normalized spacial score (nSPS) is 14.7. The van der Waals surface area contributed by atoms with E-state index in [1.165, 1.54) is 5.57 Å². The zero-order valence-electron chi connectivity index (χ0n) is 19.8. The fourth-order valence-corrected chi connectivity index (χ4v) is 3.45. The van der Waals surface area contributed by atoms with E-state index in [0.29, 0.717) is 17.8 Å². The third-order valence-electron chi connectivity index (χ3n) is 5.00. The summed E-state index contributed by atoms with van der Waals surface area (Å²) in [5.41, 5.74) is 6.19.